The number of alkyl halides is 6. The molecule has 0 aliphatic heterocycles. The lowest BCUT2D eigenvalue weighted by atomic mass is 9.98. The number of aromatic nitrogens is 2. The lowest BCUT2D eigenvalue weighted by molar-refractivity contribution is -0.274. The highest BCUT2D eigenvalue weighted by Crippen LogP contribution is 2.34. The average molecular weight is 602 g/mol. The topological polar surface area (TPSA) is 94.5 Å². The van der Waals surface area contributed by atoms with Gasteiger partial charge in [-0.15, -0.1) is 13.2 Å². The summed E-state index contributed by atoms with van der Waals surface area (Å²) in [6, 6.07) is 18.1. The van der Waals surface area contributed by atoms with Gasteiger partial charge in [-0.2, -0.15) is 18.3 Å². The molecule has 0 saturated heterocycles. The average Bonchev–Trinajstić information content (AvgIpc) is 3.66. The van der Waals surface area contributed by atoms with E-state index in [0.717, 1.165) is 17.5 Å². The van der Waals surface area contributed by atoms with Crippen LogP contribution in [0.2, 0.25) is 0 Å². The molecule has 43 heavy (non-hydrogen) atoms. The number of amides is 1. The van der Waals surface area contributed by atoms with E-state index < -0.39 is 35.9 Å². The van der Waals surface area contributed by atoms with E-state index in [0.29, 0.717) is 22.8 Å². The van der Waals surface area contributed by atoms with Crippen LogP contribution in [0.15, 0.2) is 83.9 Å². The molecule has 3 aromatic carbocycles. The Kier molecular flexibility index (Phi) is 8.27. The van der Waals surface area contributed by atoms with E-state index in [-0.39, 0.29) is 29.5 Å². The molecular formula is C30H25F6N5O2. The summed E-state index contributed by atoms with van der Waals surface area (Å²) in [5.41, 5.74) is 6.07. The molecule has 1 amide bonds. The van der Waals surface area contributed by atoms with Gasteiger partial charge in [0.1, 0.15) is 11.4 Å². The molecular weight excluding hydrogens is 576 g/mol. The van der Waals surface area contributed by atoms with Gasteiger partial charge >= 0.3 is 12.5 Å². The Balaban J connectivity index is 1.47. The van der Waals surface area contributed by atoms with Gasteiger partial charge in [0.2, 0.25) is 0 Å². The second-order valence-electron chi connectivity index (χ2n) is 9.94. The Labute approximate surface area is 242 Å². The Morgan fingerprint density at radius 1 is 1.00 bits per heavy atom. The highest BCUT2D eigenvalue weighted by atomic mass is 19.4. The van der Waals surface area contributed by atoms with Gasteiger partial charge in [0.05, 0.1) is 11.7 Å². The summed E-state index contributed by atoms with van der Waals surface area (Å²) in [7, 11) is 0. The van der Waals surface area contributed by atoms with Gasteiger partial charge in [0.15, 0.2) is 5.69 Å². The normalized spacial score (nSPS) is 14.6. The summed E-state index contributed by atoms with van der Waals surface area (Å²) in [6.45, 7) is 0.130. The van der Waals surface area contributed by atoms with Gasteiger partial charge in [0.25, 0.3) is 5.91 Å². The number of carbonyl (C=O) groups is 1. The zero-order valence-electron chi connectivity index (χ0n) is 22.4. The number of carbonyl (C=O) groups excluding carboxylic acids is 1. The summed E-state index contributed by atoms with van der Waals surface area (Å²) >= 11 is 0. The Morgan fingerprint density at radius 2 is 1.70 bits per heavy atom. The van der Waals surface area contributed by atoms with Crippen LogP contribution in [0.25, 0.3) is 5.69 Å². The van der Waals surface area contributed by atoms with E-state index in [4.69, 9.17) is 5.73 Å². The third kappa shape index (κ3) is 7.60. The predicted octanol–water partition coefficient (Wildman–Crippen LogP) is 7.07. The summed E-state index contributed by atoms with van der Waals surface area (Å²) in [5, 5.41) is 6.25. The van der Waals surface area contributed by atoms with Gasteiger partial charge in [0, 0.05) is 24.5 Å². The molecule has 224 valence electrons. The molecule has 4 aromatic rings. The van der Waals surface area contributed by atoms with Crippen LogP contribution in [0.4, 0.5) is 32.0 Å². The third-order valence-electron chi connectivity index (χ3n) is 6.56. The molecule has 13 heteroatoms. The van der Waals surface area contributed by atoms with Crippen molar-refractivity contribution in [2.45, 2.75) is 38.0 Å². The van der Waals surface area contributed by atoms with E-state index in [1.54, 1.807) is 42.6 Å². The number of halogens is 6. The number of aliphatic imine (C=N–C) groups is 1. The van der Waals surface area contributed by atoms with E-state index >= 15 is 0 Å². The first-order chi connectivity index (χ1) is 20.4. The zero-order valence-corrected chi connectivity index (χ0v) is 22.4. The molecule has 0 bridgehead atoms. The summed E-state index contributed by atoms with van der Waals surface area (Å²) in [5.74, 6) is -1.01. The lowest BCUT2D eigenvalue weighted by Crippen LogP contribution is -2.17. The quantitative estimate of drug-likeness (QED) is 0.159. The van der Waals surface area contributed by atoms with E-state index in [9.17, 15) is 31.1 Å². The van der Waals surface area contributed by atoms with Gasteiger partial charge < -0.3 is 15.8 Å². The van der Waals surface area contributed by atoms with Crippen LogP contribution in [-0.4, -0.2) is 28.3 Å². The molecule has 3 N–H and O–H groups in total. The van der Waals surface area contributed by atoms with Gasteiger partial charge in [-0.1, -0.05) is 36.4 Å². The van der Waals surface area contributed by atoms with Crippen LogP contribution < -0.4 is 15.8 Å². The summed E-state index contributed by atoms with van der Waals surface area (Å²) in [6.07, 6.45) is -6.03. The van der Waals surface area contributed by atoms with E-state index in [1.165, 1.54) is 36.4 Å². The fraction of sp³-hybridized carbons (Fsp3) is 0.233. The van der Waals surface area contributed by atoms with E-state index in [2.05, 4.69) is 20.1 Å². The van der Waals surface area contributed by atoms with Crippen molar-refractivity contribution < 1.29 is 35.9 Å². The first kappa shape index (κ1) is 29.8. The number of nitrogens with one attached hydrogen (secondary N) is 1. The molecule has 5 rings (SSSR count). The smallest absolute Gasteiger partial charge is 0.406 e. The molecule has 7 nitrogen and oxygen atoms in total. The van der Waals surface area contributed by atoms with Crippen molar-refractivity contribution >= 4 is 17.8 Å². The molecule has 1 aliphatic rings. The minimum absolute atomic E-state index is 0.130. The van der Waals surface area contributed by atoms with E-state index in [1.807, 2.05) is 0 Å². The molecule has 0 radical (unpaired) electrons. The summed E-state index contributed by atoms with van der Waals surface area (Å²) in [4.78, 5) is 18.0. The molecule has 1 unspecified atom stereocenters. The fourth-order valence-corrected chi connectivity index (χ4v) is 4.37. The van der Waals surface area contributed by atoms with Gasteiger partial charge in [-0.05, 0) is 71.8 Å². The van der Waals surface area contributed by atoms with Crippen molar-refractivity contribution in [2.75, 3.05) is 5.32 Å². The highest BCUT2D eigenvalue weighted by molar-refractivity contribution is 6.03. The maximum absolute atomic E-state index is 13.6. The minimum atomic E-state index is -4.88. The number of rotatable bonds is 9. The second kappa shape index (κ2) is 11.9. The molecule has 1 atom stereocenters. The molecule has 0 spiro atoms. The van der Waals surface area contributed by atoms with Crippen LogP contribution in [0.5, 0.6) is 5.75 Å². The van der Waals surface area contributed by atoms with Crippen LogP contribution in [0.3, 0.4) is 0 Å². The Bertz CT molecular complexity index is 1640. The minimum Gasteiger partial charge on any atom is -0.406 e. The fourth-order valence-electron chi connectivity index (χ4n) is 4.37. The highest BCUT2D eigenvalue weighted by Gasteiger charge is 2.36. The second-order valence-corrected chi connectivity index (χ2v) is 9.94. The Hall–Kier alpha value is -4.65. The Morgan fingerprint density at radius 3 is 2.37 bits per heavy atom. The predicted molar refractivity (Wildman–Crippen MR) is 147 cm³/mol. The van der Waals surface area contributed by atoms with Crippen molar-refractivity contribution in [3.8, 4) is 11.4 Å². The van der Waals surface area contributed by atoms with Gasteiger partial charge in [-0.25, -0.2) is 4.68 Å². The van der Waals surface area contributed by atoms with Gasteiger partial charge in [-0.3, -0.25) is 9.79 Å². The van der Waals surface area contributed by atoms with Crippen LogP contribution in [0.1, 0.15) is 51.8 Å². The maximum Gasteiger partial charge on any atom is 0.573 e. The number of nitrogens with two attached hydrogens (primary N) is 1. The number of hydrogen-bond donors (Lipinski definition) is 2. The van der Waals surface area contributed by atoms with Crippen LogP contribution in [-0.2, 0) is 12.7 Å². The SMILES string of the molecule is NCc1cccc(-n2nc(C(F)(F)F)cc2C(=O)Nc2cccc(C(N=CC3CC3)c3cccc(OC(F)(F)F)c3)c2)c1. The molecule has 1 aromatic heterocycles. The zero-order chi connectivity index (χ0) is 30.8. The third-order valence-corrected chi connectivity index (χ3v) is 6.56. The van der Waals surface area contributed by atoms with Crippen molar-refractivity contribution in [3.63, 3.8) is 0 Å². The van der Waals surface area contributed by atoms with Crippen LogP contribution >= 0.6 is 0 Å². The largest absolute Gasteiger partial charge is 0.573 e. The maximum atomic E-state index is 13.6. The number of nitrogens with zero attached hydrogens (tertiary/aromatic N) is 3. The summed E-state index contributed by atoms with van der Waals surface area (Å²) < 4.78 is 84.3. The molecule has 1 saturated carbocycles. The van der Waals surface area contributed by atoms with Crippen molar-refractivity contribution in [1.29, 1.82) is 0 Å². The molecule has 1 fully saturated rings. The number of ether oxygens (including phenoxy) is 1. The van der Waals surface area contributed by atoms with Crippen molar-refractivity contribution in [1.82, 2.24) is 9.78 Å². The van der Waals surface area contributed by atoms with Crippen molar-refractivity contribution in [3.05, 3.63) is 107 Å². The number of hydrogen-bond acceptors (Lipinski definition) is 5. The van der Waals surface area contributed by atoms with Crippen LogP contribution in [0, 0.1) is 5.92 Å². The molecule has 1 aliphatic carbocycles. The number of benzene rings is 3. The number of anilines is 1. The monoisotopic (exact) mass is 601 g/mol. The first-order valence-corrected chi connectivity index (χ1v) is 13.2. The lowest BCUT2D eigenvalue weighted by Gasteiger charge is -2.17. The standard InChI is InChI=1S/C30H25F6N5O2/c31-29(32,33)26-15-25(41(40-26)23-8-1-4-19(12-23)16-37)28(42)39-22-7-2-5-20(13-22)27(38-17-18-10-11-18)21-6-3-9-24(14-21)43-30(34,35)36/h1-9,12-15,17-18,27H,10-11,16,37H2,(H,39,42). The van der Waals surface area contributed by atoms with Crippen molar-refractivity contribution in [2.24, 2.45) is 16.6 Å². The first-order valence-electron chi connectivity index (χ1n) is 13.2. The molecule has 1 heterocycles.